The average Bonchev–Trinajstić information content (AvgIpc) is 3.01. The van der Waals surface area contributed by atoms with Crippen molar-refractivity contribution in [3.8, 4) is 0 Å². The van der Waals surface area contributed by atoms with Crippen LogP contribution < -0.4 is 5.32 Å². The van der Waals surface area contributed by atoms with Gasteiger partial charge >= 0.3 is 0 Å². The molecular weight excluding hydrogens is 424 g/mol. The lowest BCUT2D eigenvalue weighted by Crippen LogP contribution is -2.34. The third kappa shape index (κ3) is 5.24. The number of nitrogens with zero attached hydrogens (tertiary/aromatic N) is 6. The molecule has 0 aromatic carbocycles. The van der Waals surface area contributed by atoms with Crippen LogP contribution in [0.5, 0.6) is 0 Å². The number of nitrogens with one attached hydrogen (secondary N) is 1. The van der Waals surface area contributed by atoms with E-state index in [2.05, 4.69) is 31.7 Å². The maximum absolute atomic E-state index is 13.9. The van der Waals surface area contributed by atoms with E-state index in [-0.39, 0.29) is 5.56 Å². The van der Waals surface area contributed by atoms with E-state index in [1.165, 1.54) is 12.3 Å². The summed E-state index contributed by atoms with van der Waals surface area (Å²) in [5, 5.41) is 3.22. The normalized spacial score (nSPS) is 17.0. The van der Waals surface area contributed by atoms with Crippen LogP contribution in [0.4, 0.5) is 14.6 Å². The highest BCUT2D eigenvalue weighted by Crippen LogP contribution is 2.30. The van der Waals surface area contributed by atoms with E-state index in [9.17, 15) is 8.78 Å². The van der Waals surface area contributed by atoms with Crippen LogP contribution in [0, 0.1) is 0 Å². The third-order valence-electron chi connectivity index (χ3n) is 5.62. The van der Waals surface area contributed by atoms with E-state index in [4.69, 9.17) is 4.99 Å². The van der Waals surface area contributed by atoms with Gasteiger partial charge in [0.25, 0.3) is 5.92 Å². The molecule has 0 unspecified atom stereocenters. The topological polar surface area (TPSA) is 69.5 Å². The second kappa shape index (κ2) is 9.48. The summed E-state index contributed by atoms with van der Waals surface area (Å²) in [5.74, 6) is -1.05. The molecule has 2 aromatic rings. The molecule has 7 nitrogen and oxygen atoms in total. The fourth-order valence-electron chi connectivity index (χ4n) is 3.81. The fourth-order valence-corrected chi connectivity index (χ4v) is 3.81. The molecule has 4 rings (SSSR count). The lowest BCUT2D eigenvalue weighted by molar-refractivity contribution is 0.0171. The predicted molar refractivity (Wildman–Crippen MR) is 124 cm³/mol. The minimum atomic E-state index is -2.98. The number of hydrogen-bond donors (Lipinski definition) is 1. The molecular formula is C24H27F2N7. The SMILES string of the molecule is C=C(Nc1cnccn1)N1CCCCN(C)C2=C1N=C(c1cncc(C(C)(F)F)c1)C=CC2. The minimum Gasteiger partial charge on any atom is -0.375 e. The van der Waals surface area contributed by atoms with Gasteiger partial charge in [0.1, 0.15) is 11.6 Å². The van der Waals surface area contributed by atoms with Crippen LogP contribution >= 0.6 is 0 Å². The van der Waals surface area contributed by atoms with E-state index in [1.54, 1.807) is 24.8 Å². The number of pyridine rings is 1. The monoisotopic (exact) mass is 451 g/mol. The zero-order chi connectivity index (χ0) is 23.4. The number of rotatable bonds is 5. The van der Waals surface area contributed by atoms with Crippen molar-refractivity contribution in [2.45, 2.75) is 32.1 Å². The summed E-state index contributed by atoms with van der Waals surface area (Å²) in [6.07, 6.45) is 14.1. The quantitative estimate of drug-likeness (QED) is 0.721. The van der Waals surface area contributed by atoms with Gasteiger partial charge in [-0.1, -0.05) is 12.7 Å². The number of alkyl halides is 2. The maximum Gasteiger partial charge on any atom is 0.272 e. The lowest BCUT2D eigenvalue weighted by Gasteiger charge is -2.34. The molecule has 0 fully saturated rings. The van der Waals surface area contributed by atoms with Crippen molar-refractivity contribution in [3.05, 3.63) is 84.2 Å². The molecule has 2 aliphatic heterocycles. The molecule has 4 heterocycles. The van der Waals surface area contributed by atoms with Gasteiger partial charge in [-0.3, -0.25) is 9.97 Å². The van der Waals surface area contributed by atoms with Crippen molar-refractivity contribution in [2.24, 2.45) is 4.99 Å². The summed E-state index contributed by atoms with van der Waals surface area (Å²) >= 11 is 0. The van der Waals surface area contributed by atoms with Crippen LogP contribution in [0.3, 0.4) is 0 Å². The van der Waals surface area contributed by atoms with Crippen molar-refractivity contribution < 1.29 is 8.78 Å². The van der Waals surface area contributed by atoms with Crippen molar-refractivity contribution in [3.63, 3.8) is 0 Å². The summed E-state index contributed by atoms with van der Waals surface area (Å²) in [4.78, 5) is 21.6. The molecule has 0 saturated heterocycles. The Labute approximate surface area is 192 Å². The molecule has 172 valence electrons. The van der Waals surface area contributed by atoms with E-state index in [1.807, 2.05) is 24.1 Å². The van der Waals surface area contributed by atoms with Crippen LogP contribution in [0.25, 0.3) is 0 Å². The number of allylic oxidation sites excluding steroid dienone is 2. The van der Waals surface area contributed by atoms with E-state index in [0.717, 1.165) is 37.8 Å². The standard InChI is InChI=1S/C24H27F2N7/c1-17(30-22-16-27-9-10-29-22)33-12-5-4-11-32(3)21-8-6-7-20(31-23(21)33)18-13-19(15-28-14-18)24(2,25)26/h6-7,9-10,13-16H,1,4-5,8,11-12H2,2-3H3,(H,29,30). The molecule has 0 amide bonds. The predicted octanol–water partition coefficient (Wildman–Crippen LogP) is 4.51. The van der Waals surface area contributed by atoms with Crippen LogP contribution in [0.15, 0.2) is 78.1 Å². The third-order valence-corrected chi connectivity index (χ3v) is 5.62. The average molecular weight is 452 g/mol. The van der Waals surface area contributed by atoms with Gasteiger partial charge in [-0.2, -0.15) is 0 Å². The molecule has 0 spiro atoms. The Balaban J connectivity index is 1.76. The highest BCUT2D eigenvalue weighted by molar-refractivity contribution is 6.09. The molecule has 2 aromatic heterocycles. The van der Waals surface area contributed by atoms with Gasteiger partial charge in [-0.05, 0) is 25.0 Å². The number of hydrogen-bond acceptors (Lipinski definition) is 7. The fraction of sp³-hybridized carbons (Fsp3) is 0.333. The van der Waals surface area contributed by atoms with Crippen LogP contribution in [0.2, 0.25) is 0 Å². The van der Waals surface area contributed by atoms with Gasteiger partial charge in [0.2, 0.25) is 0 Å². The van der Waals surface area contributed by atoms with E-state index in [0.29, 0.717) is 35.9 Å². The molecule has 33 heavy (non-hydrogen) atoms. The van der Waals surface area contributed by atoms with Crippen LogP contribution in [0.1, 0.15) is 37.3 Å². The Morgan fingerprint density at radius 2 is 1.94 bits per heavy atom. The Morgan fingerprint density at radius 1 is 1.12 bits per heavy atom. The Kier molecular flexibility index (Phi) is 6.48. The van der Waals surface area contributed by atoms with Crippen molar-refractivity contribution in [1.82, 2.24) is 24.8 Å². The zero-order valence-corrected chi connectivity index (χ0v) is 18.8. The van der Waals surface area contributed by atoms with Gasteiger partial charge < -0.3 is 15.1 Å². The van der Waals surface area contributed by atoms with Gasteiger partial charge in [-0.25, -0.2) is 18.8 Å². The molecule has 0 radical (unpaired) electrons. The molecule has 0 aliphatic carbocycles. The van der Waals surface area contributed by atoms with Crippen molar-refractivity contribution >= 4 is 11.5 Å². The van der Waals surface area contributed by atoms with Crippen molar-refractivity contribution in [1.29, 1.82) is 0 Å². The van der Waals surface area contributed by atoms with Crippen LogP contribution in [-0.2, 0) is 5.92 Å². The molecule has 0 atom stereocenters. The van der Waals surface area contributed by atoms with Gasteiger partial charge in [0.15, 0.2) is 5.82 Å². The first kappa shape index (κ1) is 22.6. The summed E-state index contributed by atoms with van der Waals surface area (Å²) in [6.45, 7) is 6.72. The van der Waals surface area contributed by atoms with Crippen molar-refractivity contribution in [2.75, 3.05) is 25.5 Å². The number of halogens is 2. The van der Waals surface area contributed by atoms with E-state index >= 15 is 0 Å². The number of aliphatic imine (C=N–C) groups is 1. The highest BCUT2D eigenvalue weighted by atomic mass is 19.3. The van der Waals surface area contributed by atoms with Gasteiger partial charge in [0, 0.05) is 69.4 Å². The second-order valence-corrected chi connectivity index (χ2v) is 8.17. The summed E-state index contributed by atoms with van der Waals surface area (Å²) in [7, 11) is 2.05. The first-order valence-electron chi connectivity index (χ1n) is 10.9. The molecule has 1 N–H and O–H groups in total. The van der Waals surface area contributed by atoms with Gasteiger partial charge in [0.05, 0.1) is 17.6 Å². The second-order valence-electron chi connectivity index (χ2n) is 8.17. The minimum absolute atomic E-state index is 0.144. The summed E-state index contributed by atoms with van der Waals surface area (Å²) in [6, 6.07) is 1.45. The zero-order valence-electron chi connectivity index (χ0n) is 18.8. The first-order chi connectivity index (χ1) is 15.8. The number of anilines is 1. The number of aromatic nitrogens is 3. The molecule has 0 saturated carbocycles. The Morgan fingerprint density at radius 3 is 2.70 bits per heavy atom. The molecule has 0 bridgehead atoms. The molecule has 2 aliphatic rings. The van der Waals surface area contributed by atoms with Crippen LogP contribution in [-0.4, -0.2) is 50.6 Å². The Bertz CT molecular complexity index is 1100. The smallest absolute Gasteiger partial charge is 0.272 e. The summed E-state index contributed by atoms with van der Waals surface area (Å²) < 4.78 is 27.8. The Hall–Kier alpha value is -3.62. The highest BCUT2D eigenvalue weighted by Gasteiger charge is 2.27. The maximum atomic E-state index is 13.9. The summed E-state index contributed by atoms with van der Waals surface area (Å²) in [5.41, 5.74) is 2.00. The van der Waals surface area contributed by atoms with E-state index < -0.39 is 5.92 Å². The lowest BCUT2D eigenvalue weighted by atomic mass is 10.1. The molecule has 9 heteroatoms. The van der Waals surface area contributed by atoms with Gasteiger partial charge in [-0.15, -0.1) is 0 Å². The first-order valence-corrected chi connectivity index (χ1v) is 10.9. The largest absolute Gasteiger partial charge is 0.375 e.